The average Bonchev–Trinajstić information content (AvgIpc) is 3.37. The molecule has 0 amide bonds. The van der Waals surface area contributed by atoms with Gasteiger partial charge in [0.05, 0.1) is 17.1 Å². The van der Waals surface area contributed by atoms with Gasteiger partial charge in [0.1, 0.15) is 23.1 Å². The van der Waals surface area contributed by atoms with Crippen molar-refractivity contribution in [2.24, 2.45) is 0 Å². The Morgan fingerprint density at radius 1 is 0.351 bits per heavy atom. The molecule has 3 heterocycles. The zero-order chi connectivity index (χ0) is 49.7. The fourth-order valence-corrected chi connectivity index (χ4v) is 7.31. The van der Waals surface area contributed by atoms with Crippen LogP contribution in [0.3, 0.4) is 0 Å². The van der Waals surface area contributed by atoms with Crippen molar-refractivity contribution in [1.82, 2.24) is 29.9 Å². The second kappa shape index (κ2) is 27.9. The van der Waals surface area contributed by atoms with E-state index in [1.165, 1.54) is 28.8 Å². The van der Waals surface area contributed by atoms with Crippen molar-refractivity contribution in [1.29, 1.82) is 0 Å². The summed E-state index contributed by atoms with van der Waals surface area (Å²) in [6.07, 6.45) is 5.28. The third kappa shape index (κ3) is 16.3. The minimum Gasteiger partial charge on any atom is -0.502 e. The molecule has 0 unspecified atom stereocenters. The van der Waals surface area contributed by atoms with Crippen molar-refractivity contribution in [3.05, 3.63) is 240 Å². The van der Waals surface area contributed by atoms with Gasteiger partial charge in [0.2, 0.25) is 0 Å². The van der Waals surface area contributed by atoms with Crippen LogP contribution in [0.4, 0.5) is 4.39 Å². The van der Waals surface area contributed by atoms with Crippen molar-refractivity contribution in [3.8, 4) is 79.4 Å². The summed E-state index contributed by atoms with van der Waals surface area (Å²) in [6.45, 7) is 13.7. The molecule has 0 fully saturated rings. The molecule has 0 aliphatic carbocycles. The van der Waals surface area contributed by atoms with E-state index in [9.17, 15) is 4.39 Å². The maximum absolute atomic E-state index is 12.9. The summed E-state index contributed by atoms with van der Waals surface area (Å²) in [7, 11) is 0. The van der Waals surface area contributed by atoms with Crippen LogP contribution in [0.2, 0.25) is 0 Å². The smallest absolute Gasteiger partial charge is 0.123 e. The van der Waals surface area contributed by atoms with Crippen LogP contribution in [0.15, 0.2) is 176 Å². The van der Waals surface area contributed by atoms with Gasteiger partial charge in [-0.3, -0.25) is 15.0 Å². The number of hydrogen-bond acceptors (Lipinski definition) is 9. The monoisotopic (exact) mass is 1510 g/mol. The van der Waals surface area contributed by atoms with Gasteiger partial charge in [0.15, 0.2) is 0 Å². The van der Waals surface area contributed by atoms with Gasteiger partial charge in [-0.05, 0) is 108 Å². The Labute approximate surface area is 473 Å². The number of nitrogens with zero attached hydrogens (tertiary/aromatic N) is 6. The number of hydrogen-bond donors (Lipinski definition) is 0. The normalized spacial score (nSPS) is 10.1. The number of halogens is 1. The Morgan fingerprint density at radius 3 is 0.986 bits per heavy atom. The first kappa shape index (κ1) is 58.0. The molecule has 0 aliphatic rings. The van der Waals surface area contributed by atoms with Gasteiger partial charge in [-0.1, -0.05) is 60.2 Å². The molecule has 10 aromatic rings. The van der Waals surface area contributed by atoms with E-state index in [0.29, 0.717) is 11.5 Å². The SMILES string of the molecule is Cc1ccc(Oc2c[c-]c(-c3ncc(C)nc3C)cc2)cc1.Cc1cnc(-c2[c-]cc(Oc3ccc(-c4ccccc4)cc3)cc2)c(C)n1.Cc1cnc(-c2[c-]cc(Oc3ccc(F)cc3)cc2)c(C)n1.[Ir].[Ir].[Ir]. The molecular weight excluding hydrogens is 1460 g/mol. The second-order valence-corrected chi connectivity index (χ2v) is 16.6. The molecule has 9 nitrogen and oxygen atoms in total. The van der Waals surface area contributed by atoms with Crippen LogP contribution in [0.5, 0.6) is 34.5 Å². The maximum Gasteiger partial charge on any atom is 0.123 e. The fraction of sp³-hybridized carbons (Fsp3) is 0.115. The van der Waals surface area contributed by atoms with E-state index >= 15 is 0 Å². The van der Waals surface area contributed by atoms with Crippen LogP contribution in [0, 0.1) is 72.5 Å². The van der Waals surface area contributed by atoms with Crippen LogP contribution >= 0.6 is 0 Å². The first-order chi connectivity index (χ1) is 34.4. The minimum atomic E-state index is -0.289. The van der Waals surface area contributed by atoms with Crippen LogP contribution in [0.25, 0.3) is 44.9 Å². The van der Waals surface area contributed by atoms with E-state index in [4.69, 9.17) is 14.2 Å². The van der Waals surface area contributed by atoms with Crippen molar-refractivity contribution in [2.75, 3.05) is 0 Å². The van der Waals surface area contributed by atoms with E-state index in [1.54, 1.807) is 36.8 Å². The molecular formula is C61H50FIr3N6O3-3. The zero-order valence-electron chi connectivity index (χ0n) is 41.5. The Balaban J connectivity index is 0.000000203. The minimum absolute atomic E-state index is 0. The molecule has 379 valence electrons. The van der Waals surface area contributed by atoms with E-state index in [0.717, 1.165) is 90.9 Å². The molecule has 0 saturated carbocycles. The molecule has 3 radical (unpaired) electrons. The van der Waals surface area contributed by atoms with Crippen molar-refractivity contribution in [2.45, 2.75) is 48.5 Å². The summed E-state index contributed by atoms with van der Waals surface area (Å²) in [5, 5.41) is 0. The molecule has 7 aromatic carbocycles. The maximum atomic E-state index is 12.9. The summed E-state index contributed by atoms with van der Waals surface area (Å²) in [5.41, 5.74) is 14.1. The van der Waals surface area contributed by atoms with Gasteiger partial charge in [0.25, 0.3) is 0 Å². The first-order valence-corrected chi connectivity index (χ1v) is 22.9. The van der Waals surface area contributed by atoms with Gasteiger partial charge in [-0.2, -0.15) is 0 Å². The number of ether oxygens (including phenoxy) is 3. The van der Waals surface area contributed by atoms with Gasteiger partial charge in [-0.25, -0.2) is 4.39 Å². The molecule has 0 saturated heterocycles. The van der Waals surface area contributed by atoms with E-state index in [2.05, 4.69) is 79.3 Å². The van der Waals surface area contributed by atoms with Crippen LogP contribution < -0.4 is 14.2 Å². The number of aromatic nitrogens is 6. The summed E-state index contributed by atoms with van der Waals surface area (Å²) >= 11 is 0. The summed E-state index contributed by atoms with van der Waals surface area (Å²) in [5.74, 6) is 4.03. The van der Waals surface area contributed by atoms with Crippen LogP contribution in [-0.4, -0.2) is 29.9 Å². The molecule has 0 bridgehead atoms. The Hall–Kier alpha value is -6.94. The van der Waals surface area contributed by atoms with Gasteiger partial charge in [0, 0.05) is 130 Å². The van der Waals surface area contributed by atoms with Crippen molar-refractivity contribution >= 4 is 0 Å². The number of rotatable bonds is 10. The van der Waals surface area contributed by atoms with E-state index in [1.807, 2.05) is 145 Å². The second-order valence-electron chi connectivity index (χ2n) is 16.6. The average molecular weight is 1510 g/mol. The Kier molecular flexibility index (Phi) is 21.9. The molecule has 10 rings (SSSR count). The third-order valence-electron chi connectivity index (χ3n) is 10.8. The van der Waals surface area contributed by atoms with E-state index in [-0.39, 0.29) is 66.1 Å². The molecule has 74 heavy (non-hydrogen) atoms. The summed E-state index contributed by atoms with van der Waals surface area (Å²) in [4.78, 5) is 26.6. The van der Waals surface area contributed by atoms with Gasteiger partial charge < -0.3 is 29.2 Å². The standard InChI is InChI=1S/C24H19N2O.C19H17N2O.C18H14FN2O.3Ir/c1-17-16-25-24(18(2)26-17)21-10-14-23(15-11-21)27-22-12-8-20(9-13-22)19-6-4-3-5-7-19;1-13-4-8-17(9-5-13)22-18-10-6-16(7-11-18)19-15(3)21-14(2)12-20-19;1-12-11-20-18(13(2)21-12)14-3-7-16(8-4-14)22-17-9-5-15(19)6-10-17;;;/h3-10,12-16H,1-2H3;4-6,8-12H,1-3H3;3,5-11H,1-2H3;;;/q3*-1;;;. The molecule has 0 spiro atoms. The number of aryl methyl sites for hydroxylation is 7. The van der Waals surface area contributed by atoms with E-state index < -0.39 is 0 Å². The predicted octanol–water partition coefficient (Wildman–Crippen LogP) is 15.2. The predicted molar refractivity (Wildman–Crippen MR) is 277 cm³/mol. The fourth-order valence-electron chi connectivity index (χ4n) is 7.31. The Bertz CT molecular complexity index is 3200. The molecule has 0 atom stereocenters. The van der Waals surface area contributed by atoms with Crippen molar-refractivity contribution in [3.63, 3.8) is 0 Å². The third-order valence-corrected chi connectivity index (χ3v) is 10.8. The first-order valence-electron chi connectivity index (χ1n) is 22.9. The molecule has 0 aliphatic heterocycles. The molecule has 3 aromatic heterocycles. The topological polar surface area (TPSA) is 105 Å². The molecule has 13 heteroatoms. The summed E-state index contributed by atoms with van der Waals surface area (Å²) in [6, 6.07) is 58.7. The zero-order valence-corrected chi connectivity index (χ0v) is 48.7. The van der Waals surface area contributed by atoms with Crippen LogP contribution in [-0.2, 0) is 60.3 Å². The van der Waals surface area contributed by atoms with Gasteiger partial charge in [-0.15, -0.1) is 89.5 Å². The van der Waals surface area contributed by atoms with Crippen molar-refractivity contribution < 1.29 is 78.9 Å². The Morgan fingerprint density at radius 2 is 0.662 bits per heavy atom. The molecule has 0 N–H and O–H groups in total. The number of benzene rings is 7. The largest absolute Gasteiger partial charge is 0.502 e. The quantitative estimate of drug-likeness (QED) is 0.124. The summed E-state index contributed by atoms with van der Waals surface area (Å²) < 4.78 is 30.2. The van der Waals surface area contributed by atoms with Crippen LogP contribution in [0.1, 0.15) is 39.7 Å². The van der Waals surface area contributed by atoms with Gasteiger partial charge >= 0.3 is 0 Å².